The Bertz CT molecular complexity index is 1200. The second-order valence-electron chi connectivity index (χ2n) is 10.1. The summed E-state index contributed by atoms with van der Waals surface area (Å²) in [6.07, 6.45) is 5.17. The third kappa shape index (κ3) is 5.27. The molecule has 0 radical (unpaired) electrons. The van der Waals surface area contributed by atoms with E-state index in [1.54, 1.807) is 17.3 Å². The second-order valence-corrected chi connectivity index (χ2v) is 10.1. The number of carbonyl (C=O) groups excluding carboxylic acids is 1. The topological polar surface area (TPSA) is 95.5 Å². The van der Waals surface area contributed by atoms with Gasteiger partial charge in [0.05, 0.1) is 23.4 Å². The number of rotatable bonds is 6. The number of piperidine rings is 1. The van der Waals surface area contributed by atoms with E-state index in [2.05, 4.69) is 56.7 Å². The van der Waals surface area contributed by atoms with Crippen LogP contribution in [0.1, 0.15) is 19.8 Å². The maximum atomic E-state index is 12.3. The van der Waals surface area contributed by atoms with Gasteiger partial charge in [0.2, 0.25) is 5.91 Å². The van der Waals surface area contributed by atoms with Crippen molar-refractivity contribution in [2.75, 3.05) is 63.6 Å². The van der Waals surface area contributed by atoms with Crippen molar-refractivity contribution < 1.29 is 9.53 Å². The van der Waals surface area contributed by atoms with Gasteiger partial charge in [-0.25, -0.2) is 9.97 Å². The molecule has 1 amide bonds. The highest BCUT2D eigenvalue weighted by Gasteiger charge is 2.28. The lowest BCUT2D eigenvalue weighted by Crippen LogP contribution is -2.51. The molecule has 1 atom stereocenters. The van der Waals surface area contributed by atoms with Gasteiger partial charge in [0.25, 0.3) is 0 Å². The number of anilines is 2. The molecule has 1 unspecified atom stereocenters. The average molecular weight is 490 g/mol. The number of pyridine rings is 1. The van der Waals surface area contributed by atoms with E-state index in [4.69, 9.17) is 9.72 Å². The number of aromatic nitrogens is 3. The first-order valence-electron chi connectivity index (χ1n) is 12.7. The van der Waals surface area contributed by atoms with E-state index in [0.29, 0.717) is 19.0 Å². The maximum absolute atomic E-state index is 12.3. The quantitative estimate of drug-likeness (QED) is 0.546. The van der Waals surface area contributed by atoms with Crippen molar-refractivity contribution in [3.05, 3.63) is 42.7 Å². The Labute approximate surface area is 212 Å². The normalized spacial score (nSPS) is 20.9. The number of morpholine rings is 1. The van der Waals surface area contributed by atoms with Crippen LogP contribution in [0.25, 0.3) is 22.3 Å². The number of hydrogen-bond donors (Lipinski definition) is 2. The van der Waals surface area contributed by atoms with Gasteiger partial charge < -0.3 is 25.2 Å². The molecular formula is C27H35N7O2. The van der Waals surface area contributed by atoms with Crippen molar-refractivity contribution in [2.24, 2.45) is 5.92 Å². The van der Waals surface area contributed by atoms with Crippen LogP contribution in [0.5, 0.6) is 0 Å². The van der Waals surface area contributed by atoms with Crippen molar-refractivity contribution in [3.8, 4) is 11.3 Å². The number of fused-ring (bicyclic) bond motifs is 1. The fraction of sp³-hybridized carbons (Fsp3) is 0.481. The Balaban J connectivity index is 1.33. The van der Waals surface area contributed by atoms with E-state index in [0.717, 1.165) is 61.3 Å². The van der Waals surface area contributed by atoms with Crippen LogP contribution in [0, 0.1) is 5.92 Å². The summed E-state index contributed by atoms with van der Waals surface area (Å²) >= 11 is 0. The van der Waals surface area contributed by atoms with Crippen molar-refractivity contribution >= 4 is 28.4 Å². The number of carbonyl (C=O) groups is 1. The fourth-order valence-corrected chi connectivity index (χ4v) is 4.99. The van der Waals surface area contributed by atoms with Gasteiger partial charge in [-0.05, 0) is 38.0 Å². The summed E-state index contributed by atoms with van der Waals surface area (Å²) in [7, 11) is 3.67. The van der Waals surface area contributed by atoms with E-state index in [-0.39, 0.29) is 17.4 Å². The Morgan fingerprint density at radius 1 is 1.19 bits per heavy atom. The SMILES string of the molecule is CN(C)C(=O)C1CCN(c2ccc(-c3cc4nccnc4c(NCC4(C)CNCCO4)n3)cc2)CC1. The average Bonchev–Trinajstić information content (AvgIpc) is 2.92. The molecule has 2 saturated heterocycles. The molecule has 0 aliphatic carbocycles. The maximum Gasteiger partial charge on any atom is 0.225 e. The van der Waals surface area contributed by atoms with Gasteiger partial charge in [-0.2, -0.15) is 0 Å². The molecule has 9 nitrogen and oxygen atoms in total. The first-order valence-corrected chi connectivity index (χ1v) is 12.7. The van der Waals surface area contributed by atoms with Crippen LogP contribution in [-0.4, -0.2) is 84.8 Å². The molecule has 4 heterocycles. The molecule has 0 spiro atoms. The summed E-state index contributed by atoms with van der Waals surface area (Å²) in [5.74, 6) is 1.07. The number of nitrogens with zero attached hydrogens (tertiary/aromatic N) is 5. The van der Waals surface area contributed by atoms with Crippen molar-refractivity contribution in [1.82, 2.24) is 25.2 Å². The Morgan fingerprint density at radius 2 is 1.94 bits per heavy atom. The summed E-state index contributed by atoms with van der Waals surface area (Å²) in [6.45, 7) is 6.84. The molecule has 5 rings (SSSR count). The van der Waals surface area contributed by atoms with Gasteiger partial charge in [0, 0.05) is 76.4 Å². The molecular weight excluding hydrogens is 454 g/mol. The van der Waals surface area contributed by atoms with Gasteiger partial charge in [-0.15, -0.1) is 0 Å². The zero-order valence-electron chi connectivity index (χ0n) is 21.3. The minimum absolute atomic E-state index is 0.126. The third-order valence-corrected chi connectivity index (χ3v) is 7.13. The molecule has 1 aromatic carbocycles. The van der Waals surface area contributed by atoms with Crippen LogP contribution < -0.4 is 15.5 Å². The summed E-state index contributed by atoms with van der Waals surface area (Å²) in [5.41, 5.74) is 4.28. The van der Waals surface area contributed by atoms with Gasteiger partial charge in [0.15, 0.2) is 5.82 Å². The highest BCUT2D eigenvalue weighted by Crippen LogP contribution is 2.29. The first-order chi connectivity index (χ1) is 17.4. The molecule has 2 N–H and O–H groups in total. The molecule has 2 aromatic heterocycles. The summed E-state index contributed by atoms with van der Waals surface area (Å²) in [4.78, 5) is 30.4. The van der Waals surface area contributed by atoms with Crippen molar-refractivity contribution in [1.29, 1.82) is 0 Å². The monoisotopic (exact) mass is 489 g/mol. The fourth-order valence-electron chi connectivity index (χ4n) is 4.99. The molecule has 190 valence electrons. The Morgan fingerprint density at radius 3 is 2.64 bits per heavy atom. The zero-order valence-corrected chi connectivity index (χ0v) is 21.3. The van der Waals surface area contributed by atoms with E-state index >= 15 is 0 Å². The molecule has 2 fully saturated rings. The third-order valence-electron chi connectivity index (χ3n) is 7.13. The Hall–Kier alpha value is -3.30. The minimum Gasteiger partial charge on any atom is -0.371 e. The first kappa shape index (κ1) is 24.4. The number of nitrogens with one attached hydrogen (secondary N) is 2. The summed E-state index contributed by atoms with van der Waals surface area (Å²) in [6, 6.07) is 10.5. The lowest BCUT2D eigenvalue weighted by molar-refractivity contribution is -0.133. The zero-order chi connectivity index (χ0) is 25.1. The van der Waals surface area contributed by atoms with Gasteiger partial charge in [0.1, 0.15) is 5.52 Å². The number of amides is 1. The van der Waals surface area contributed by atoms with Gasteiger partial charge in [-0.3, -0.25) is 9.78 Å². The molecule has 9 heteroatoms. The molecule has 3 aromatic rings. The smallest absolute Gasteiger partial charge is 0.225 e. The Kier molecular flexibility index (Phi) is 7.02. The highest BCUT2D eigenvalue weighted by atomic mass is 16.5. The van der Waals surface area contributed by atoms with Crippen LogP contribution in [0.15, 0.2) is 42.7 Å². The van der Waals surface area contributed by atoms with E-state index in [9.17, 15) is 4.79 Å². The molecule has 2 aliphatic heterocycles. The van der Waals surface area contributed by atoms with Gasteiger partial charge in [-0.1, -0.05) is 12.1 Å². The largest absolute Gasteiger partial charge is 0.371 e. The van der Waals surface area contributed by atoms with Crippen LogP contribution in [0.4, 0.5) is 11.5 Å². The van der Waals surface area contributed by atoms with Crippen LogP contribution in [0.3, 0.4) is 0 Å². The van der Waals surface area contributed by atoms with Gasteiger partial charge >= 0.3 is 0 Å². The summed E-state index contributed by atoms with van der Waals surface area (Å²) < 4.78 is 6.00. The van der Waals surface area contributed by atoms with Crippen LogP contribution >= 0.6 is 0 Å². The number of ether oxygens (including phenoxy) is 1. The van der Waals surface area contributed by atoms with E-state index < -0.39 is 0 Å². The van der Waals surface area contributed by atoms with Crippen molar-refractivity contribution in [2.45, 2.75) is 25.4 Å². The lowest BCUT2D eigenvalue weighted by atomic mass is 9.95. The van der Waals surface area contributed by atoms with Crippen LogP contribution in [0.2, 0.25) is 0 Å². The molecule has 2 aliphatic rings. The summed E-state index contributed by atoms with van der Waals surface area (Å²) in [5, 5.41) is 6.87. The van der Waals surface area contributed by atoms with Crippen molar-refractivity contribution in [3.63, 3.8) is 0 Å². The van der Waals surface area contributed by atoms with E-state index in [1.165, 1.54) is 5.69 Å². The minimum atomic E-state index is -0.309. The molecule has 0 saturated carbocycles. The van der Waals surface area contributed by atoms with E-state index in [1.807, 2.05) is 20.2 Å². The number of hydrogen-bond acceptors (Lipinski definition) is 8. The standard InChI is InChI=1S/C27H35N7O2/c1-27(17-28-12-15-36-27)18-31-25-24-23(29-10-11-30-24)16-22(32-25)19-4-6-21(7-5-19)34-13-8-20(9-14-34)26(35)33(2)3/h4-7,10-11,16,20,28H,8-9,12-15,17-18H2,1-3H3,(H,31,32). The second kappa shape index (κ2) is 10.4. The lowest BCUT2D eigenvalue weighted by Gasteiger charge is -2.34. The predicted molar refractivity (Wildman–Crippen MR) is 142 cm³/mol. The van der Waals surface area contributed by atoms with Crippen LogP contribution in [-0.2, 0) is 9.53 Å². The highest BCUT2D eigenvalue weighted by molar-refractivity contribution is 5.88. The molecule has 36 heavy (non-hydrogen) atoms. The number of benzene rings is 1. The predicted octanol–water partition coefficient (Wildman–Crippen LogP) is 2.79. The molecule has 0 bridgehead atoms.